The van der Waals surface area contributed by atoms with Gasteiger partial charge in [0.15, 0.2) is 0 Å². The van der Waals surface area contributed by atoms with E-state index in [9.17, 15) is 4.39 Å². The number of hydrogen-bond donors (Lipinski definition) is 1. The van der Waals surface area contributed by atoms with Crippen molar-refractivity contribution in [2.24, 2.45) is 11.7 Å². The zero-order valence-electron chi connectivity index (χ0n) is 10.7. The fourth-order valence-electron chi connectivity index (χ4n) is 2.84. The van der Waals surface area contributed by atoms with Gasteiger partial charge in [0.25, 0.3) is 0 Å². The Morgan fingerprint density at radius 1 is 1.33 bits per heavy atom. The zero-order valence-corrected chi connectivity index (χ0v) is 11.4. The van der Waals surface area contributed by atoms with E-state index < -0.39 is 0 Å². The molecule has 0 amide bonds. The predicted molar refractivity (Wildman–Crippen MR) is 74.3 cm³/mol. The van der Waals surface area contributed by atoms with Gasteiger partial charge in [-0.1, -0.05) is 43.4 Å². The van der Waals surface area contributed by atoms with Gasteiger partial charge in [0, 0.05) is 16.6 Å². The molecule has 2 N–H and O–H groups in total. The van der Waals surface area contributed by atoms with Crippen molar-refractivity contribution >= 4 is 11.6 Å². The van der Waals surface area contributed by atoms with Crippen LogP contribution in [0.5, 0.6) is 0 Å². The van der Waals surface area contributed by atoms with Crippen molar-refractivity contribution in [3.63, 3.8) is 0 Å². The fraction of sp³-hybridized carbons (Fsp3) is 0.600. The van der Waals surface area contributed by atoms with Crippen LogP contribution >= 0.6 is 11.6 Å². The van der Waals surface area contributed by atoms with E-state index in [0.717, 1.165) is 12.3 Å². The van der Waals surface area contributed by atoms with Gasteiger partial charge >= 0.3 is 0 Å². The molecule has 0 heterocycles. The third-order valence-corrected chi connectivity index (χ3v) is 4.30. The zero-order chi connectivity index (χ0) is 13.0. The molecular weight excluding hydrogens is 249 g/mol. The maximum absolute atomic E-state index is 13.6. The first kappa shape index (κ1) is 13.8. The van der Waals surface area contributed by atoms with Crippen LogP contribution in [0.1, 0.15) is 44.1 Å². The first-order valence-electron chi connectivity index (χ1n) is 6.85. The van der Waals surface area contributed by atoms with Crippen LogP contribution in [0.4, 0.5) is 4.39 Å². The summed E-state index contributed by atoms with van der Waals surface area (Å²) in [5.74, 6) is 0.603. The molecule has 1 aromatic rings. The molecule has 0 bridgehead atoms. The second kappa shape index (κ2) is 6.53. The number of nitrogens with two attached hydrogens (primary N) is 1. The van der Waals surface area contributed by atoms with Gasteiger partial charge < -0.3 is 5.73 Å². The monoisotopic (exact) mass is 269 g/mol. The quantitative estimate of drug-likeness (QED) is 0.846. The summed E-state index contributed by atoms with van der Waals surface area (Å²) in [6, 6.07) is 4.82. The first-order valence-corrected chi connectivity index (χ1v) is 7.23. The molecule has 0 radical (unpaired) electrons. The molecule has 1 aromatic carbocycles. The van der Waals surface area contributed by atoms with Crippen LogP contribution in [0, 0.1) is 11.7 Å². The van der Waals surface area contributed by atoms with Crippen LogP contribution in [0.3, 0.4) is 0 Å². The minimum Gasteiger partial charge on any atom is -0.327 e. The summed E-state index contributed by atoms with van der Waals surface area (Å²) in [4.78, 5) is 0. The van der Waals surface area contributed by atoms with E-state index in [1.54, 1.807) is 12.1 Å². The molecule has 1 nitrogen and oxygen atoms in total. The lowest BCUT2D eigenvalue weighted by Crippen LogP contribution is -2.24. The Bertz CT molecular complexity index is 368. The van der Waals surface area contributed by atoms with Crippen LogP contribution in [0.25, 0.3) is 0 Å². The molecule has 18 heavy (non-hydrogen) atoms. The smallest absolute Gasteiger partial charge is 0.127 e. The molecule has 1 saturated carbocycles. The lowest BCUT2D eigenvalue weighted by Gasteiger charge is -2.15. The molecule has 3 heteroatoms. The summed E-state index contributed by atoms with van der Waals surface area (Å²) in [6.45, 7) is 0. The maximum Gasteiger partial charge on any atom is 0.127 e. The molecule has 1 fully saturated rings. The van der Waals surface area contributed by atoms with Crippen molar-refractivity contribution in [2.45, 2.75) is 51.0 Å². The van der Waals surface area contributed by atoms with Gasteiger partial charge in [0.05, 0.1) is 0 Å². The summed E-state index contributed by atoms with van der Waals surface area (Å²) >= 11 is 6.01. The minimum absolute atomic E-state index is 0.0139. The van der Waals surface area contributed by atoms with E-state index in [-0.39, 0.29) is 11.9 Å². The minimum atomic E-state index is -0.237. The van der Waals surface area contributed by atoms with E-state index in [2.05, 4.69) is 0 Å². The Hall–Kier alpha value is -0.600. The van der Waals surface area contributed by atoms with Gasteiger partial charge in [-0.05, 0) is 37.3 Å². The normalized spacial score (nSPS) is 18.2. The summed E-state index contributed by atoms with van der Waals surface area (Å²) in [5.41, 5.74) is 6.66. The lowest BCUT2D eigenvalue weighted by atomic mass is 9.95. The second-order valence-electron chi connectivity index (χ2n) is 5.39. The molecule has 1 aliphatic carbocycles. The molecule has 0 aliphatic heterocycles. The van der Waals surface area contributed by atoms with Crippen LogP contribution in [0.15, 0.2) is 18.2 Å². The average molecular weight is 270 g/mol. The third kappa shape index (κ3) is 3.69. The van der Waals surface area contributed by atoms with Gasteiger partial charge in [-0.3, -0.25) is 0 Å². The Labute approximate surface area is 114 Å². The Morgan fingerprint density at radius 2 is 2.06 bits per heavy atom. The van der Waals surface area contributed by atoms with Gasteiger partial charge in [0.2, 0.25) is 0 Å². The van der Waals surface area contributed by atoms with Crippen molar-refractivity contribution in [3.05, 3.63) is 34.6 Å². The molecule has 1 unspecified atom stereocenters. The molecule has 1 aliphatic rings. The van der Waals surface area contributed by atoms with Crippen LogP contribution in [-0.2, 0) is 6.42 Å². The van der Waals surface area contributed by atoms with Crippen molar-refractivity contribution in [3.8, 4) is 0 Å². The lowest BCUT2D eigenvalue weighted by molar-refractivity contribution is 0.444. The number of hydrogen-bond acceptors (Lipinski definition) is 1. The first-order chi connectivity index (χ1) is 8.66. The van der Waals surface area contributed by atoms with Crippen LogP contribution < -0.4 is 5.73 Å². The fourth-order valence-corrected chi connectivity index (χ4v) is 3.08. The summed E-state index contributed by atoms with van der Waals surface area (Å²) < 4.78 is 13.6. The molecular formula is C15H21ClFN. The third-order valence-electron chi connectivity index (χ3n) is 3.95. The van der Waals surface area contributed by atoms with Gasteiger partial charge in [-0.15, -0.1) is 0 Å². The van der Waals surface area contributed by atoms with Crippen molar-refractivity contribution < 1.29 is 4.39 Å². The van der Waals surface area contributed by atoms with Crippen LogP contribution in [-0.4, -0.2) is 6.04 Å². The molecule has 1 atom stereocenters. The molecule has 100 valence electrons. The van der Waals surface area contributed by atoms with E-state index in [0.29, 0.717) is 17.0 Å². The largest absolute Gasteiger partial charge is 0.327 e. The molecule has 0 aromatic heterocycles. The topological polar surface area (TPSA) is 26.0 Å². The van der Waals surface area contributed by atoms with Crippen molar-refractivity contribution in [1.82, 2.24) is 0 Å². The summed E-state index contributed by atoms with van der Waals surface area (Å²) in [5, 5.41) is 0.492. The Morgan fingerprint density at radius 3 is 2.72 bits per heavy atom. The molecule has 0 spiro atoms. The van der Waals surface area contributed by atoms with Gasteiger partial charge in [0.1, 0.15) is 5.82 Å². The highest BCUT2D eigenvalue weighted by molar-refractivity contribution is 6.31. The SMILES string of the molecule is NC(CCC1CCCC1)Cc1c(F)cccc1Cl. The molecule has 0 saturated heterocycles. The molecule has 2 rings (SSSR count). The van der Waals surface area contributed by atoms with Gasteiger partial charge in [-0.2, -0.15) is 0 Å². The predicted octanol–water partition coefficient (Wildman–Crippen LogP) is 4.32. The van der Waals surface area contributed by atoms with E-state index >= 15 is 0 Å². The highest BCUT2D eigenvalue weighted by Crippen LogP contribution is 2.29. The highest BCUT2D eigenvalue weighted by Gasteiger charge is 2.17. The maximum atomic E-state index is 13.6. The standard InChI is InChI=1S/C15H21ClFN/c16-14-6-3-7-15(17)13(14)10-12(18)9-8-11-4-1-2-5-11/h3,6-7,11-12H,1-2,4-5,8-10,18H2. The van der Waals surface area contributed by atoms with Crippen molar-refractivity contribution in [1.29, 1.82) is 0 Å². The van der Waals surface area contributed by atoms with E-state index in [4.69, 9.17) is 17.3 Å². The summed E-state index contributed by atoms with van der Waals surface area (Å²) in [6.07, 6.45) is 8.08. The van der Waals surface area contributed by atoms with Crippen molar-refractivity contribution in [2.75, 3.05) is 0 Å². The number of benzene rings is 1. The highest BCUT2D eigenvalue weighted by atomic mass is 35.5. The van der Waals surface area contributed by atoms with E-state index in [1.165, 1.54) is 38.2 Å². The second-order valence-corrected chi connectivity index (χ2v) is 5.80. The number of rotatable bonds is 5. The van der Waals surface area contributed by atoms with Gasteiger partial charge in [-0.25, -0.2) is 4.39 Å². The number of halogens is 2. The van der Waals surface area contributed by atoms with Crippen LogP contribution in [0.2, 0.25) is 5.02 Å². The summed E-state index contributed by atoms with van der Waals surface area (Å²) in [7, 11) is 0. The Kier molecular flexibility index (Phi) is 5.02. The van der Waals surface area contributed by atoms with E-state index in [1.807, 2.05) is 0 Å². The average Bonchev–Trinajstić information content (AvgIpc) is 2.84. The Balaban J connectivity index is 1.84.